The minimum Gasteiger partial charge on any atom is -0.481 e. The number of ether oxygens (including phenoxy) is 1. The van der Waals surface area contributed by atoms with E-state index in [9.17, 15) is 18.0 Å². The van der Waals surface area contributed by atoms with Crippen LogP contribution < -0.4 is 9.64 Å². The van der Waals surface area contributed by atoms with E-state index >= 15 is 0 Å². The normalized spacial score (nSPS) is 16.0. The van der Waals surface area contributed by atoms with Gasteiger partial charge in [0.15, 0.2) is 6.10 Å². The molecule has 1 aliphatic heterocycles. The lowest BCUT2D eigenvalue weighted by molar-refractivity contribution is -0.139. The van der Waals surface area contributed by atoms with Gasteiger partial charge in [-0.2, -0.15) is 13.2 Å². The minimum atomic E-state index is -4.36. The van der Waals surface area contributed by atoms with Gasteiger partial charge < -0.3 is 14.5 Å². The van der Waals surface area contributed by atoms with Crippen LogP contribution in [0.3, 0.4) is 0 Å². The summed E-state index contributed by atoms with van der Waals surface area (Å²) >= 11 is 0. The molecule has 1 amide bonds. The molecule has 0 aromatic heterocycles. The summed E-state index contributed by atoms with van der Waals surface area (Å²) in [6.45, 7) is 3.75. The van der Waals surface area contributed by atoms with Gasteiger partial charge in [-0.05, 0) is 36.8 Å². The molecule has 1 saturated heterocycles. The number of alkyl halides is 3. The molecular weight excluding hydrogens is 369 g/mol. The second kappa shape index (κ2) is 8.54. The van der Waals surface area contributed by atoms with E-state index in [0.29, 0.717) is 44.0 Å². The van der Waals surface area contributed by atoms with E-state index in [1.165, 1.54) is 6.07 Å². The van der Waals surface area contributed by atoms with Gasteiger partial charge in [-0.1, -0.05) is 31.2 Å². The lowest BCUT2D eigenvalue weighted by Crippen LogP contribution is -2.52. The van der Waals surface area contributed by atoms with Crippen molar-refractivity contribution in [2.45, 2.75) is 25.6 Å². The number of carbonyl (C=O) groups is 1. The number of anilines is 1. The van der Waals surface area contributed by atoms with Crippen LogP contribution >= 0.6 is 0 Å². The van der Waals surface area contributed by atoms with E-state index < -0.39 is 17.8 Å². The number of benzene rings is 2. The third-order valence-electron chi connectivity index (χ3n) is 4.80. The van der Waals surface area contributed by atoms with E-state index in [1.807, 2.05) is 42.2 Å². The number of hydrogen-bond donors (Lipinski definition) is 0. The Labute approximate surface area is 162 Å². The van der Waals surface area contributed by atoms with Crippen LogP contribution in [0, 0.1) is 0 Å². The van der Waals surface area contributed by atoms with Gasteiger partial charge in [-0.15, -0.1) is 0 Å². The summed E-state index contributed by atoms with van der Waals surface area (Å²) in [5, 5.41) is 0. The Bertz CT molecular complexity index is 788. The van der Waals surface area contributed by atoms with Gasteiger partial charge in [-0.25, -0.2) is 0 Å². The molecule has 1 heterocycles. The van der Waals surface area contributed by atoms with Crippen molar-refractivity contribution in [3.63, 3.8) is 0 Å². The molecule has 0 aliphatic carbocycles. The molecule has 4 nitrogen and oxygen atoms in total. The SMILES string of the molecule is CCC(Oc1ccccc1)C(=O)N1CCN(c2cccc(C(F)(F)F)c2)CC1. The molecule has 0 saturated carbocycles. The first-order valence-electron chi connectivity index (χ1n) is 9.31. The summed E-state index contributed by atoms with van der Waals surface area (Å²) in [5.74, 6) is 0.556. The maximum absolute atomic E-state index is 12.9. The Hall–Kier alpha value is -2.70. The van der Waals surface area contributed by atoms with Gasteiger partial charge >= 0.3 is 6.18 Å². The average molecular weight is 392 g/mol. The van der Waals surface area contributed by atoms with Gasteiger partial charge in [0.1, 0.15) is 5.75 Å². The number of carbonyl (C=O) groups excluding carboxylic acids is 1. The number of piperazine rings is 1. The van der Waals surface area contributed by atoms with Crippen LogP contribution in [0.4, 0.5) is 18.9 Å². The minimum absolute atomic E-state index is 0.0879. The smallest absolute Gasteiger partial charge is 0.416 e. The van der Waals surface area contributed by atoms with Crippen LogP contribution in [0.5, 0.6) is 5.75 Å². The molecule has 28 heavy (non-hydrogen) atoms. The van der Waals surface area contributed by atoms with Crippen LogP contribution in [-0.4, -0.2) is 43.1 Å². The molecule has 0 bridgehead atoms. The molecule has 2 aromatic rings. The molecule has 1 atom stereocenters. The van der Waals surface area contributed by atoms with Gasteiger partial charge in [0.25, 0.3) is 5.91 Å². The van der Waals surface area contributed by atoms with Crippen LogP contribution in [0.2, 0.25) is 0 Å². The summed E-state index contributed by atoms with van der Waals surface area (Å²) in [7, 11) is 0. The van der Waals surface area contributed by atoms with Crippen molar-refractivity contribution >= 4 is 11.6 Å². The molecule has 150 valence electrons. The Morgan fingerprint density at radius 1 is 1.04 bits per heavy atom. The molecule has 0 radical (unpaired) electrons. The monoisotopic (exact) mass is 392 g/mol. The quantitative estimate of drug-likeness (QED) is 0.764. The highest BCUT2D eigenvalue weighted by Crippen LogP contribution is 2.32. The zero-order valence-corrected chi connectivity index (χ0v) is 15.7. The standard InChI is InChI=1S/C21H23F3N2O2/c1-2-19(28-18-9-4-3-5-10-18)20(27)26-13-11-25(12-14-26)17-8-6-7-16(15-17)21(22,23)24/h3-10,15,19H,2,11-14H2,1H3. The number of amides is 1. The highest BCUT2D eigenvalue weighted by molar-refractivity contribution is 5.81. The van der Waals surface area contributed by atoms with Crippen LogP contribution in [0.25, 0.3) is 0 Å². The summed E-state index contributed by atoms with van der Waals surface area (Å²) in [6.07, 6.45) is -4.39. The summed E-state index contributed by atoms with van der Waals surface area (Å²) in [5.41, 5.74) is -0.139. The van der Waals surface area contributed by atoms with E-state index in [1.54, 1.807) is 11.0 Å². The van der Waals surface area contributed by atoms with Crippen LogP contribution in [0.1, 0.15) is 18.9 Å². The Balaban J connectivity index is 1.60. The van der Waals surface area contributed by atoms with Gasteiger partial charge in [-0.3, -0.25) is 4.79 Å². The Morgan fingerprint density at radius 2 is 1.71 bits per heavy atom. The van der Waals surface area contributed by atoms with Crippen molar-refractivity contribution in [1.29, 1.82) is 0 Å². The lowest BCUT2D eigenvalue weighted by atomic mass is 10.1. The predicted octanol–water partition coefficient (Wildman–Crippen LogP) is 4.21. The zero-order valence-electron chi connectivity index (χ0n) is 15.7. The second-order valence-electron chi connectivity index (χ2n) is 6.69. The van der Waals surface area contributed by atoms with Gasteiger partial charge in [0.2, 0.25) is 0 Å². The first kappa shape index (κ1) is 20.0. The fraction of sp³-hybridized carbons (Fsp3) is 0.381. The van der Waals surface area contributed by atoms with Crippen molar-refractivity contribution in [1.82, 2.24) is 4.90 Å². The van der Waals surface area contributed by atoms with Crippen molar-refractivity contribution < 1.29 is 22.7 Å². The number of nitrogens with zero attached hydrogens (tertiary/aromatic N) is 2. The van der Waals surface area contributed by atoms with E-state index in [2.05, 4.69) is 0 Å². The second-order valence-corrected chi connectivity index (χ2v) is 6.69. The third-order valence-corrected chi connectivity index (χ3v) is 4.80. The Kier molecular flexibility index (Phi) is 6.11. The molecule has 3 rings (SSSR count). The molecule has 7 heteroatoms. The van der Waals surface area contributed by atoms with Crippen molar-refractivity contribution in [3.05, 3.63) is 60.2 Å². The van der Waals surface area contributed by atoms with Crippen molar-refractivity contribution in [2.75, 3.05) is 31.1 Å². The summed E-state index contributed by atoms with van der Waals surface area (Å²) in [6, 6.07) is 14.5. The summed E-state index contributed by atoms with van der Waals surface area (Å²) in [4.78, 5) is 16.4. The number of halogens is 3. The zero-order chi connectivity index (χ0) is 20.1. The molecule has 0 N–H and O–H groups in total. The van der Waals surface area contributed by atoms with Crippen molar-refractivity contribution in [3.8, 4) is 5.75 Å². The first-order valence-corrected chi connectivity index (χ1v) is 9.31. The average Bonchev–Trinajstić information content (AvgIpc) is 2.72. The maximum atomic E-state index is 12.9. The largest absolute Gasteiger partial charge is 0.481 e. The predicted molar refractivity (Wildman–Crippen MR) is 101 cm³/mol. The fourth-order valence-corrected chi connectivity index (χ4v) is 3.24. The topological polar surface area (TPSA) is 32.8 Å². The van der Waals surface area contributed by atoms with Crippen LogP contribution in [0.15, 0.2) is 54.6 Å². The van der Waals surface area contributed by atoms with E-state index in [4.69, 9.17) is 4.74 Å². The number of rotatable bonds is 5. The Morgan fingerprint density at radius 3 is 2.32 bits per heavy atom. The number of hydrogen-bond acceptors (Lipinski definition) is 3. The van der Waals surface area contributed by atoms with Gasteiger partial charge in [0.05, 0.1) is 5.56 Å². The molecular formula is C21H23F3N2O2. The highest BCUT2D eigenvalue weighted by Gasteiger charge is 2.32. The molecule has 2 aromatic carbocycles. The molecule has 1 aliphatic rings. The van der Waals surface area contributed by atoms with Gasteiger partial charge in [0, 0.05) is 31.9 Å². The molecule has 0 spiro atoms. The number of para-hydroxylation sites is 1. The molecule has 1 fully saturated rings. The van der Waals surface area contributed by atoms with E-state index in [0.717, 1.165) is 12.1 Å². The van der Waals surface area contributed by atoms with E-state index in [-0.39, 0.29) is 5.91 Å². The first-order chi connectivity index (χ1) is 13.4. The highest BCUT2D eigenvalue weighted by atomic mass is 19.4. The fourth-order valence-electron chi connectivity index (χ4n) is 3.24. The maximum Gasteiger partial charge on any atom is 0.416 e. The third kappa shape index (κ3) is 4.77. The summed E-state index contributed by atoms with van der Waals surface area (Å²) < 4.78 is 44.6. The molecule has 1 unspecified atom stereocenters. The van der Waals surface area contributed by atoms with Crippen molar-refractivity contribution in [2.24, 2.45) is 0 Å². The lowest BCUT2D eigenvalue weighted by Gasteiger charge is -2.37. The van der Waals surface area contributed by atoms with Crippen LogP contribution in [-0.2, 0) is 11.0 Å².